The maximum absolute atomic E-state index is 9.78. The lowest BCUT2D eigenvalue weighted by Crippen LogP contribution is -2.37. The molecule has 0 aromatic heterocycles. The van der Waals surface area contributed by atoms with Gasteiger partial charge in [0.2, 0.25) is 0 Å². The van der Waals surface area contributed by atoms with Crippen LogP contribution in [0.2, 0.25) is 0 Å². The average Bonchev–Trinajstić information content (AvgIpc) is 3.41. The molecule has 6 heteroatoms. The average molecular weight is 646 g/mol. The third-order valence-corrected chi connectivity index (χ3v) is 11.0. The molecular weight excluding hydrogens is 606 g/mol. The Hall–Kier alpha value is -5.09. The Labute approximate surface area is 287 Å². The molecule has 0 atom stereocenters. The Balaban J connectivity index is 1.22. The van der Waals surface area contributed by atoms with Gasteiger partial charge in [0.15, 0.2) is 5.60 Å². The van der Waals surface area contributed by atoms with E-state index in [9.17, 15) is 5.26 Å². The summed E-state index contributed by atoms with van der Waals surface area (Å²) >= 11 is 0. The number of rotatable bonds is 4. The maximum Gasteiger partial charge on any atom is 0.178 e. The van der Waals surface area contributed by atoms with Gasteiger partial charge in [-0.15, -0.1) is 0 Å². The first-order chi connectivity index (χ1) is 24.0. The quantitative estimate of drug-likeness (QED) is 0.197. The van der Waals surface area contributed by atoms with Crippen LogP contribution >= 0.6 is 0 Å². The number of hydrogen-bond donors (Lipinski definition) is 0. The first kappa shape index (κ1) is 30.0. The number of nitriles is 1. The summed E-state index contributed by atoms with van der Waals surface area (Å²) in [6, 6.07) is 35.0. The van der Waals surface area contributed by atoms with E-state index in [2.05, 4.69) is 127 Å². The fourth-order valence-corrected chi connectivity index (χ4v) is 8.46. The summed E-state index contributed by atoms with van der Waals surface area (Å²) in [6.45, 7) is 11.1. The van der Waals surface area contributed by atoms with E-state index in [1.807, 2.05) is 6.07 Å². The molecule has 4 aliphatic rings. The van der Waals surface area contributed by atoms with Crippen molar-refractivity contribution in [2.24, 2.45) is 0 Å². The minimum absolute atomic E-state index is 0.320. The summed E-state index contributed by atoms with van der Waals surface area (Å²) in [5.41, 5.74) is 10.1. The fourth-order valence-electron chi connectivity index (χ4n) is 8.46. The lowest BCUT2D eigenvalue weighted by atomic mass is 9.76. The van der Waals surface area contributed by atoms with E-state index >= 15 is 0 Å². The molecule has 2 saturated heterocycles. The van der Waals surface area contributed by atoms with Gasteiger partial charge in [-0.25, -0.2) is 0 Å². The predicted molar refractivity (Wildman–Crippen MR) is 196 cm³/mol. The first-order valence-electron chi connectivity index (χ1n) is 17.4. The molecule has 0 bridgehead atoms. The molecule has 0 amide bonds. The van der Waals surface area contributed by atoms with Crippen LogP contribution in [0, 0.1) is 11.3 Å². The largest absolute Gasteiger partial charge is 0.472 e. The van der Waals surface area contributed by atoms with Crippen molar-refractivity contribution in [2.45, 2.75) is 24.9 Å². The number of ether oxygens (including phenoxy) is 3. The smallest absolute Gasteiger partial charge is 0.178 e. The minimum atomic E-state index is -0.847. The van der Waals surface area contributed by atoms with Gasteiger partial charge in [-0.3, -0.25) is 0 Å². The molecule has 1 aliphatic carbocycles. The summed E-state index contributed by atoms with van der Waals surface area (Å²) in [5, 5.41) is 12.0. The second-order valence-corrected chi connectivity index (χ2v) is 14.0. The summed E-state index contributed by atoms with van der Waals surface area (Å²) < 4.78 is 18.8. The zero-order chi connectivity index (χ0) is 33.2. The summed E-state index contributed by atoms with van der Waals surface area (Å²) in [7, 11) is 0. The van der Waals surface area contributed by atoms with Gasteiger partial charge in [0, 0.05) is 65.0 Å². The highest BCUT2D eigenvalue weighted by Crippen LogP contribution is 2.58. The number of benzene rings is 5. The molecule has 5 aromatic rings. The third-order valence-electron chi connectivity index (χ3n) is 11.0. The van der Waals surface area contributed by atoms with E-state index in [4.69, 9.17) is 14.2 Å². The van der Waals surface area contributed by atoms with Crippen molar-refractivity contribution in [1.82, 2.24) is 0 Å². The molecule has 49 heavy (non-hydrogen) atoms. The van der Waals surface area contributed by atoms with E-state index in [1.54, 1.807) is 0 Å². The Kier molecular flexibility index (Phi) is 7.05. The second-order valence-electron chi connectivity index (χ2n) is 14.0. The van der Waals surface area contributed by atoms with Gasteiger partial charge in [0.1, 0.15) is 5.75 Å². The van der Waals surface area contributed by atoms with Crippen molar-refractivity contribution in [2.75, 3.05) is 62.4 Å². The monoisotopic (exact) mass is 645 g/mol. The third kappa shape index (κ3) is 4.68. The summed E-state index contributed by atoms with van der Waals surface area (Å²) in [4.78, 5) is 4.77. The molecule has 0 spiro atoms. The highest BCUT2D eigenvalue weighted by Gasteiger charge is 2.44. The van der Waals surface area contributed by atoms with E-state index in [-0.39, 0.29) is 5.41 Å². The molecule has 9 rings (SSSR count). The standard InChI is InChI=1S/C43H39N3O3/c1-42(2)38-27-29(28-44)7-16-36(38)39-34-5-3-4-6-35(34)41-37(40(39)42)17-18-43(49-41,30-8-12-32(13-9-30)45-19-23-47-24-20-45)31-10-14-33(15-11-31)46-21-25-48-26-22-46/h3-18,27H,19-26H2,1-2H3. The SMILES string of the molecule is CC1(C)c2cc(C#N)ccc2-c2c1c1c(c3ccccc23)OC(c2ccc(N3CCOCC3)cc2)(c2ccc(N3CCOCC3)cc2)C=C1. The van der Waals surface area contributed by atoms with Crippen molar-refractivity contribution in [3.63, 3.8) is 0 Å². The number of morpholine rings is 2. The van der Waals surface area contributed by atoms with Gasteiger partial charge in [-0.05, 0) is 70.1 Å². The van der Waals surface area contributed by atoms with Crippen LogP contribution in [0.4, 0.5) is 11.4 Å². The Morgan fingerprint density at radius 1 is 0.694 bits per heavy atom. The van der Waals surface area contributed by atoms with Crippen LogP contribution in [0.25, 0.3) is 28.0 Å². The van der Waals surface area contributed by atoms with Crippen molar-refractivity contribution in [3.05, 3.63) is 130 Å². The Morgan fingerprint density at radius 2 is 1.27 bits per heavy atom. The minimum Gasteiger partial charge on any atom is -0.472 e. The Bertz CT molecular complexity index is 2090. The lowest BCUT2D eigenvalue weighted by molar-refractivity contribution is 0.122. The van der Waals surface area contributed by atoms with E-state index < -0.39 is 5.60 Å². The molecule has 244 valence electrons. The normalized spacial score (nSPS) is 18.7. The molecule has 6 nitrogen and oxygen atoms in total. The van der Waals surface area contributed by atoms with E-state index in [1.165, 1.54) is 39.0 Å². The van der Waals surface area contributed by atoms with Crippen LogP contribution in [0.1, 0.15) is 47.2 Å². The fraction of sp³-hybridized carbons (Fsp3) is 0.279. The Morgan fingerprint density at radius 3 is 1.84 bits per heavy atom. The van der Waals surface area contributed by atoms with Crippen LogP contribution < -0.4 is 14.5 Å². The van der Waals surface area contributed by atoms with Crippen molar-refractivity contribution >= 4 is 28.2 Å². The van der Waals surface area contributed by atoms with E-state index in [0.717, 1.165) is 80.4 Å². The molecular formula is C43H39N3O3. The van der Waals surface area contributed by atoms with Crippen LogP contribution in [0.5, 0.6) is 5.75 Å². The number of anilines is 2. The molecule has 5 aromatic carbocycles. The summed E-state index contributed by atoms with van der Waals surface area (Å²) in [6.07, 6.45) is 4.56. The van der Waals surface area contributed by atoms with Gasteiger partial charge >= 0.3 is 0 Å². The number of hydrogen-bond acceptors (Lipinski definition) is 6. The van der Waals surface area contributed by atoms with Crippen molar-refractivity contribution < 1.29 is 14.2 Å². The maximum atomic E-state index is 9.78. The molecule has 0 unspecified atom stereocenters. The lowest BCUT2D eigenvalue weighted by Gasteiger charge is -2.39. The first-order valence-corrected chi connectivity index (χ1v) is 17.4. The van der Waals surface area contributed by atoms with Gasteiger partial charge in [-0.1, -0.05) is 74.5 Å². The van der Waals surface area contributed by atoms with Gasteiger partial charge < -0.3 is 24.0 Å². The van der Waals surface area contributed by atoms with Gasteiger partial charge in [0.25, 0.3) is 0 Å². The molecule has 2 fully saturated rings. The van der Waals surface area contributed by atoms with E-state index in [0.29, 0.717) is 5.56 Å². The van der Waals surface area contributed by atoms with Crippen molar-refractivity contribution in [3.8, 4) is 22.9 Å². The van der Waals surface area contributed by atoms with Gasteiger partial charge in [-0.2, -0.15) is 5.26 Å². The van der Waals surface area contributed by atoms with Crippen LogP contribution in [0.15, 0.2) is 97.1 Å². The zero-order valence-electron chi connectivity index (χ0n) is 28.0. The topological polar surface area (TPSA) is 58.0 Å². The molecule has 0 radical (unpaired) electrons. The van der Waals surface area contributed by atoms with Crippen molar-refractivity contribution in [1.29, 1.82) is 5.26 Å². The summed E-state index contributed by atoms with van der Waals surface area (Å²) in [5.74, 6) is 0.896. The van der Waals surface area contributed by atoms with Crippen LogP contribution in [0.3, 0.4) is 0 Å². The van der Waals surface area contributed by atoms with Gasteiger partial charge in [0.05, 0.1) is 38.1 Å². The molecule has 0 saturated carbocycles. The number of fused-ring (bicyclic) bond motifs is 8. The predicted octanol–water partition coefficient (Wildman–Crippen LogP) is 8.04. The highest BCUT2D eigenvalue weighted by atomic mass is 16.5. The molecule has 3 aliphatic heterocycles. The number of nitrogens with zero attached hydrogens (tertiary/aromatic N) is 3. The highest BCUT2D eigenvalue weighted by molar-refractivity contribution is 6.08. The molecule has 3 heterocycles. The molecule has 0 N–H and O–H groups in total. The second kappa shape index (κ2) is 11.5. The van der Waals surface area contributed by atoms with Crippen LogP contribution in [-0.4, -0.2) is 52.6 Å². The van der Waals surface area contributed by atoms with Crippen LogP contribution in [-0.2, 0) is 20.5 Å². The zero-order valence-corrected chi connectivity index (χ0v) is 28.0.